The van der Waals surface area contributed by atoms with E-state index in [1.165, 1.54) is 0 Å². The molecule has 0 unspecified atom stereocenters. The van der Waals surface area contributed by atoms with Crippen molar-refractivity contribution in [1.82, 2.24) is 14.9 Å². The topological polar surface area (TPSA) is 101 Å². The van der Waals surface area contributed by atoms with Crippen molar-refractivity contribution in [3.63, 3.8) is 0 Å². The predicted octanol–water partition coefficient (Wildman–Crippen LogP) is 2.21. The Labute approximate surface area is 173 Å². The molecule has 1 amide bonds. The number of fused-ring (bicyclic) bond motifs is 1. The first-order chi connectivity index (χ1) is 14.4. The molecule has 8 heteroatoms. The summed E-state index contributed by atoms with van der Waals surface area (Å²) in [5, 5.41) is 2.94. The number of aromatic nitrogens is 2. The number of H-pyrrole nitrogens is 2. The van der Waals surface area contributed by atoms with Gasteiger partial charge in [0.15, 0.2) is 5.78 Å². The van der Waals surface area contributed by atoms with E-state index in [0.29, 0.717) is 22.3 Å². The van der Waals surface area contributed by atoms with Gasteiger partial charge in [-0.05, 0) is 56.3 Å². The number of anilines is 2. The van der Waals surface area contributed by atoms with E-state index in [-0.39, 0.29) is 23.4 Å². The van der Waals surface area contributed by atoms with Gasteiger partial charge in [-0.15, -0.1) is 0 Å². The molecule has 1 aliphatic heterocycles. The second-order valence-corrected chi connectivity index (χ2v) is 7.63. The molecule has 156 valence electrons. The summed E-state index contributed by atoms with van der Waals surface area (Å²) in [6.45, 7) is 6.64. The number of nitrogens with one attached hydrogen (secondary N) is 3. The van der Waals surface area contributed by atoms with Gasteiger partial charge in [-0.2, -0.15) is 0 Å². The van der Waals surface area contributed by atoms with Gasteiger partial charge >= 0.3 is 5.69 Å². The minimum absolute atomic E-state index is 0.0632. The molecule has 0 radical (unpaired) electrons. The summed E-state index contributed by atoms with van der Waals surface area (Å²) in [6, 6.07) is 12.7. The lowest BCUT2D eigenvalue weighted by molar-refractivity contribution is -0.120. The average molecular weight is 407 g/mol. The molecule has 1 fully saturated rings. The standard InChI is InChI=1S/C22H25N5O3/c1-14(21(29)23-17-5-8-19-20(13-17)25-22(30)24-19)26-9-11-27(12-10-26)18-6-3-16(4-7-18)15(2)28/h3-8,13-14H,9-12H2,1-2H3,(H,23,29)(H2,24,25,30)/t14-/m0/s1. The van der Waals surface area contributed by atoms with Crippen molar-refractivity contribution in [3.05, 3.63) is 58.5 Å². The molecular weight excluding hydrogens is 382 g/mol. The van der Waals surface area contributed by atoms with Crippen LogP contribution in [-0.2, 0) is 4.79 Å². The molecule has 3 aromatic rings. The Balaban J connectivity index is 1.34. The van der Waals surface area contributed by atoms with Crippen molar-refractivity contribution in [1.29, 1.82) is 0 Å². The summed E-state index contributed by atoms with van der Waals surface area (Å²) in [7, 11) is 0. The molecule has 1 aliphatic rings. The zero-order chi connectivity index (χ0) is 21.3. The Morgan fingerprint density at radius 1 is 0.967 bits per heavy atom. The van der Waals surface area contributed by atoms with Crippen molar-refractivity contribution in [2.24, 2.45) is 0 Å². The van der Waals surface area contributed by atoms with Gasteiger partial charge in [0.05, 0.1) is 17.1 Å². The van der Waals surface area contributed by atoms with Crippen LogP contribution in [0.2, 0.25) is 0 Å². The van der Waals surface area contributed by atoms with Gasteiger partial charge in [0.1, 0.15) is 0 Å². The Bertz CT molecular complexity index is 1120. The number of benzene rings is 2. The minimum Gasteiger partial charge on any atom is -0.369 e. The van der Waals surface area contributed by atoms with Crippen LogP contribution in [0.25, 0.3) is 11.0 Å². The van der Waals surface area contributed by atoms with E-state index in [2.05, 4.69) is 25.1 Å². The molecule has 30 heavy (non-hydrogen) atoms. The summed E-state index contributed by atoms with van der Waals surface area (Å²) in [6.07, 6.45) is 0. The van der Waals surface area contributed by atoms with Crippen LogP contribution in [0.4, 0.5) is 11.4 Å². The maximum atomic E-state index is 12.7. The number of carbonyl (C=O) groups is 2. The molecule has 0 saturated carbocycles. The number of piperazine rings is 1. The van der Waals surface area contributed by atoms with Crippen LogP contribution in [0.5, 0.6) is 0 Å². The second kappa shape index (κ2) is 8.16. The van der Waals surface area contributed by atoms with Crippen LogP contribution in [0, 0.1) is 0 Å². The Morgan fingerprint density at radius 2 is 1.63 bits per heavy atom. The van der Waals surface area contributed by atoms with Crippen LogP contribution >= 0.6 is 0 Å². The Hall–Kier alpha value is -3.39. The normalized spacial score (nSPS) is 15.9. The number of carbonyl (C=O) groups excluding carboxylic acids is 2. The van der Waals surface area contributed by atoms with E-state index in [4.69, 9.17) is 0 Å². The van der Waals surface area contributed by atoms with Crippen molar-refractivity contribution >= 4 is 34.1 Å². The first-order valence-electron chi connectivity index (χ1n) is 10.0. The number of rotatable bonds is 5. The number of aromatic amines is 2. The van der Waals surface area contributed by atoms with E-state index in [1.54, 1.807) is 25.1 Å². The highest BCUT2D eigenvalue weighted by Crippen LogP contribution is 2.19. The van der Waals surface area contributed by atoms with Crippen LogP contribution in [-0.4, -0.2) is 58.8 Å². The number of imidazole rings is 1. The quantitative estimate of drug-likeness (QED) is 0.563. The highest BCUT2D eigenvalue weighted by Gasteiger charge is 2.26. The largest absolute Gasteiger partial charge is 0.369 e. The zero-order valence-corrected chi connectivity index (χ0v) is 17.1. The molecule has 3 N–H and O–H groups in total. The van der Waals surface area contributed by atoms with Gasteiger partial charge in [-0.3, -0.25) is 14.5 Å². The highest BCUT2D eigenvalue weighted by molar-refractivity contribution is 5.96. The third-order valence-electron chi connectivity index (χ3n) is 5.66. The third kappa shape index (κ3) is 4.13. The molecule has 4 rings (SSSR count). The number of nitrogens with zero attached hydrogens (tertiary/aromatic N) is 2. The smallest absolute Gasteiger partial charge is 0.323 e. The molecule has 1 aromatic heterocycles. The molecule has 1 atom stereocenters. The number of ketones is 1. The molecule has 1 saturated heterocycles. The predicted molar refractivity (Wildman–Crippen MR) is 117 cm³/mol. The summed E-state index contributed by atoms with van der Waals surface area (Å²) in [4.78, 5) is 45.4. The molecule has 2 aromatic carbocycles. The molecular formula is C22H25N5O3. The maximum absolute atomic E-state index is 12.7. The molecule has 8 nitrogen and oxygen atoms in total. The summed E-state index contributed by atoms with van der Waals surface area (Å²) < 4.78 is 0. The van der Waals surface area contributed by atoms with Gasteiger partial charge in [0, 0.05) is 43.1 Å². The summed E-state index contributed by atoms with van der Waals surface area (Å²) in [5.74, 6) is -0.0142. The maximum Gasteiger partial charge on any atom is 0.323 e. The van der Waals surface area contributed by atoms with Gasteiger partial charge in [0.25, 0.3) is 0 Å². The fourth-order valence-electron chi connectivity index (χ4n) is 3.80. The average Bonchev–Trinajstić information content (AvgIpc) is 3.12. The van der Waals surface area contributed by atoms with E-state index in [1.807, 2.05) is 31.2 Å². The Morgan fingerprint density at radius 3 is 2.30 bits per heavy atom. The summed E-state index contributed by atoms with van der Waals surface area (Å²) in [5.41, 5.74) is 3.55. The first-order valence-corrected chi connectivity index (χ1v) is 10.0. The number of hydrogen-bond acceptors (Lipinski definition) is 5. The number of amides is 1. The van der Waals surface area contributed by atoms with E-state index >= 15 is 0 Å². The zero-order valence-electron chi connectivity index (χ0n) is 17.1. The molecule has 0 spiro atoms. The number of hydrogen-bond donors (Lipinski definition) is 3. The third-order valence-corrected chi connectivity index (χ3v) is 5.66. The van der Waals surface area contributed by atoms with Crippen molar-refractivity contribution in [2.45, 2.75) is 19.9 Å². The second-order valence-electron chi connectivity index (χ2n) is 7.63. The van der Waals surface area contributed by atoms with E-state index in [9.17, 15) is 14.4 Å². The Kier molecular flexibility index (Phi) is 5.41. The molecule has 2 heterocycles. The lowest BCUT2D eigenvalue weighted by Gasteiger charge is -2.38. The van der Waals surface area contributed by atoms with Crippen LogP contribution in [0.15, 0.2) is 47.3 Å². The van der Waals surface area contributed by atoms with E-state index < -0.39 is 0 Å². The first kappa shape index (κ1) is 19.9. The van der Waals surface area contributed by atoms with Gasteiger partial charge in [-0.1, -0.05) is 0 Å². The number of Topliss-reactive ketones (excluding diaryl/α,β-unsaturated/α-hetero) is 1. The van der Waals surface area contributed by atoms with Crippen molar-refractivity contribution < 1.29 is 9.59 Å². The monoisotopic (exact) mass is 407 g/mol. The van der Waals surface area contributed by atoms with Crippen LogP contribution in [0.3, 0.4) is 0 Å². The summed E-state index contributed by atoms with van der Waals surface area (Å²) >= 11 is 0. The minimum atomic E-state index is -0.270. The van der Waals surface area contributed by atoms with Gasteiger partial charge < -0.3 is 20.2 Å². The van der Waals surface area contributed by atoms with E-state index in [0.717, 1.165) is 31.9 Å². The highest BCUT2D eigenvalue weighted by atomic mass is 16.2. The van der Waals surface area contributed by atoms with Crippen molar-refractivity contribution in [3.8, 4) is 0 Å². The fraction of sp³-hybridized carbons (Fsp3) is 0.318. The van der Waals surface area contributed by atoms with Crippen molar-refractivity contribution in [2.75, 3.05) is 36.4 Å². The van der Waals surface area contributed by atoms with Crippen LogP contribution < -0.4 is 15.9 Å². The van der Waals surface area contributed by atoms with Gasteiger partial charge in [-0.25, -0.2) is 4.79 Å². The fourth-order valence-corrected chi connectivity index (χ4v) is 3.80. The SMILES string of the molecule is CC(=O)c1ccc(N2CCN([C@@H](C)C(=O)Nc3ccc4[nH]c(=O)[nH]c4c3)CC2)cc1. The lowest BCUT2D eigenvalue weighted by atomic mass is 10.1. The van der Waals surface area contributed by atoms with Crippen LogP contribution in [0.1, 0.15) is 24.2 Å². The molecule has 0 bridgehead atoms. The van der Waals surface area contributed by atoms with Gasteiger partial charge in [0.2, 0.25) is 5.91 Å². The molecule has 0 aliphatic carbocycles. The lowest BCUT2D eigenvalue weighted by Crippen LogP contribution is -2.52.